The normalized spacial score (nSPS) is 11.1. The van der Waals surface area contributed by atoms with Crippen LogP contribution in [0.5, 0.6) is 5.75 Å². The van der Waals surface area contributed by atoms with E-state index in [-0.39, 0.29) is 24.0 Å². The third-order valence-electron chi connectivity index (χ3n) is 3.86. The lowest BCUT2D eigenvalue weighted by molar-refractivity contribution is 0.145. The number of nitrogens with one attached hydrogen (secondary N) is 2. The highest BCUT2D eigenvalue weighted by Gasteiger charge is 2.06. The number of ether oxygens (including phenoxy) is 2. The van der Waals surface area contributed by atoms with E-state index in [4.69, 9.17) is 14.5 Å². The molecule has 0 saturated carbocycles. The molecule has 0 aliphatic carbocycles. The van der Waals surface area contributed by atoms with Crippen molar-refractivity contribution >= 4 is 41.3 Å². The number of guanidine groups is 1. The van der Waals surface area contributed by atoms with Crippen molar-refractivity contribution < 1.29 is 9.47 Å². The zero-order valence-electron chi connectivity index (χ0n) is 17.1. The van der Waals surface area contributed by atoms with E-state index in [1.54, 1.807) is 18.4 Å². The molecule has 0 saturated heterocycles. The monoisotopic (exact) mass is 518 g/mol. The first-order chi connectivity index (χ1) is 13.1. The minimum Gasteiger partial charge on any atom is -0.491 e. The second kappa shape index (κ2) is 13.7. The van der Waals surface area contributed by atoms with E-state index < -0.39 is 0 Å². The Bertz CT molecular complexity index is 737. The fourth-order valence-corrected chi connectivity index (χ4v) is 3.15. The van der Waals surface area contributed by atoms with Gasteiger partial charge in [-0.1, -0.05) is 12.1 Å². The van der Waals surface area contributed by atoms with E-state index in [0.717, 1.165) is 47.5 Å². The highest BCUT2D eigenvalue weighted by atomic mass is 127. The number of methoxy groups -OCH3 is 1. The van der Waals surface area contributed by atoms with Crippen LogP contribution < -0.4 is 15.4 Å². The molecular formula is C20H31IN4O2S. The zero-order chi connectivity index (χ0) is 19.5. The summed E-state index contributed by atoms with van der Waals surface area (Å²) in [5.41, 5.74) is 3.34. The molecule has 0 radical (unpaired) electrons. The Kier molecular flexibility index (Phi) is 12.1. The summed E-state index contributed by atoms with van der Waals surface area (Å²) in [7, 11) is 1.67. The number of aryl methyl sites for hydroxylation is 2. The van der Waals surface area contributed by atoms with E-state index in [2.05, 4.69) is 47.0 Å². The predicted molar refractivity (Wildman–Crippen MR) is 127 cm³/mol. The van der Waals surface area contributed by atoms with Crippen molar-refractivity contribution in [1.29, 1.82) is 0 Å². The van der Waals surface area contributed by atoms with Gasteiger partial charge in [0.2, 0.25) is 0 Å². The van der Waals surface area contributed by atoms with Crippen molar-refractivity contribution in [2.45, 2.75) is 33.7 Å². The van der Waals surface area contributed by atoms with E-state index >= 15 is 0 Å². The first-order valence-electron chi connectivity index (χ1n) is 9.26. The van der Waals surface area contributed by atoms with Crippen LogP contribution >= 0.6 is 35.3 Å². The van der Waals surface area contributed by atoms with Gasteiger partial charge in [-0.15, -0.1) is 35.3 Å². The molecule has 0 bridgehead atoms. The molecule has 0 fully saturated rings. The van der Waals surface area contributed by atoms with Crippen LogP contribution in [0.4, 0.5) is 0 Å². The molecule has 0 atom stereocenters. The maximum absolute atomic E-state index is 5.85. The molecule has 1 aromatic carbocycles. The SMILES string of the molecule is CCNC(=NCc1ccc(C)cc1OCCOC)NCCc1csc(C)n1.I. The molecule has 8 heteroatoms. The average molecular weight is 518 g/mol. The van der Waals surface area contributed by atoms with Gasteiger partial charge in [0.05, 0.1) is 23.9 Å². The lowest BCUT2D eigenvalue weighted by atomic mass is 10.1. The summed E-state index contributed by atoms with van der Waals surface area (Å²) >= 11 is 1.68. The van der Waals surface area contributed by atoms with Crippen molar-refractivity contribution in [1.82, 2.24) is 15.6 Å². The van der Waals surface area contributed by atoms with E-state index in [1.165, 1.54) is 5.56 Å². The molecule has 0 aliphatic rings. The summed E-state index contributed by atoms with van der Waals surface area (Å²) in [5.74, 6) is 1.66. The topological polar surface area (TPSA) is 67.8 Å². The molecule has 0 spiro atoms. The Hall–Kier alpha value is -1.39. The molecule has 6 nitrogen and oxygen atoms in total. The Morgan fingerprint density at radius 1 is 1.21 bits per heavy atom. The van der Waals surface area contributed by atoms with Gasteiger partial charge < -0.3 is 20.1 Å². The first kappa shape index (κ1) is 24.6. The second-order valence-electron chi connectivity index (χ2n) is 6.18. The van der Waals surface area contributed by atoms with Gasteiger partial charge in [0.1, 0.15) is 12.4 Å². The smallest absolute Gasteiger partial charge is 0.191 e. The van der Waals surface area contributed by atoms with Gasteiger partial charge in [-0.25, -0.2) is 9.98 Å². The van der Waals surface area contributed by atoms with Crippen LogP contribution in [0.2, 0.25) is 0 Å². The number of thiazole rings is 1. The molecular weight excluding hydrogens is 487 g/mol. The summed E-state index contributed by atoms with van der Waals surface area (Å²) < 4.78 is 10.9. The van der Waals surface area contributed by atoms with Crippen LogP contribution in [-0.2, 0) is 17.7 Å². The molecule has 2 rings (SSSR count). The zero-order valence-corrected chi connectivity index (χ0v) is 20.2. The van der Waals surface area contributed by atoms with Crippen molar-refractivity contribution in [3.8, 4) is 5.75 Å². The maximum Gasteiger partial charge on any atom is 0.191 e. The number of benzene rings is 1. The van der Waals surface area contributed by atoms with Gasteiger partial charge in [0, 0.05) is 37.6 Å². The highest BCUT2D eigenvalue weighted by molar-refractivity contribution is 14.0. The maximum atomic E-state index is 5.85. The van der Waals surface area contributed by atoms with E-state index in [9.17, 15) is 0 Å². The molecule has 1 heterocycles. The summed E-state index contributed by atoms with van der Waals surface area (Å²) in [6, 6.07) is 6.20. The Balaban J connectivity index is 0.00000392. The summed E-state index contributed by atoms with van der Waals surface area (Å²) in [6.07, 6.45) is 0.880. The molecule has 0 aliphatic heterocycles. The van der Waals surface area contributed by atoms with Crippen molar-refractivity contribution in [3.63, 3.8) is 0 Å². The number of hydrogen-bond acceptors (Lipinski definition) is 5. The number of aromatic nitrogens is 1. The van der Waals surface area contributed by atoms with Gasteiger partial charge in [-0.3, -0.25) is 0 Å². The lowest BCUT2D eigenvalue weighted by Gasteiger charge is -2.13. The number of halogens is 1. The third kappa shape index (κ3) is 8.74. The van der Waals surface area contributed by atoms with Gasteiger partial charge in [0.25, 0.3) is 0 Å². The highest BCUT2D eigenvalue weighted by Crippen LogP contribution is 2.21. The van der Waals surface area contributed by atoms with Crippen LogP contribution in [0.3, 0.4) is 0 Å². The molecule has 0 unspecified atom stereocenters. The largest absolute Gasteiger partial charge is 0.491 e. The standard InChI is InChI=1S/C20H30N4O2S.HI/c1-5-21-20(22-9-8-18-14-27-16(3)24-18)23-13-17-7-6-15(2)12-19(17)26-11-10-25-4;/h6-7,12,14H,5,8-11,13H2,1-4H3,(H2,21,22,23);1H. The van der Waals surface area contributed by atoms with E-state index in [0.29, 0.717) is 19.8 Å². The fourth-order valence-electron chi connectivity index (χ4n) is 2.50. The van der Waals surface area contributed by atoms with E-state index in [1.807, 2.05) is 13.0 Å². The minimum atomic E-state index is 0. The molecule has 156 valence electrons. The second-order valence-corrected chi connectivity index (χ2v) is 7.24. The molecule has 2 aromatic rings. The molecule has 1 aromatic heterocycles. The summed E-state index contributed by atoms with van der Waals surface area (Å²) in [6.45, 7) is 9.40. The quantitative estimate of drug-likeness (QED) is 0.217. The Labute approximate surface area is 189 Å². The van der Waals surface area contributed by atoms with Crippen LogP contribution in [0, 0.1) is 13.8 Å². The fraction of sp³-hybridized carbons (Fsp3) is 0.500. The number of rotatable bonds is 10. The number of nitrogens with zero attached hydrogens (tertiary/aromatic N) is 2. The average Bonchev–Trinajstić information content (AvgIpc) is 3.06. The van der Waals surface area contributed by atoms with Crippen LogP contribution in [0.15, 0.2) is 28.6 Å². The van der Waals surface area contributed by atoms with Crippen LogP contribution in [0.25, 0.3) is 0 Å². The number of hydrogen-bond donors (Lipinski definition) is 2. The van der Waals surface area contributed by atoms with Crippen LogP contribution in [0.1, 0.15) is 28.8 Å². The first-order valence-corrected chi connectivity index (χ1v) is 10.1. The van der Waals surface area contributed by atoms with Crippen molar-refractivity contribution in [3.05, 3.63) is 45.4 Å². The van der Waals surface area contributed by atoms with Gasteiger partial charge in [0.15, 0.2) is 5.96 Å². The third-order valence-corrected chi connectivity index (χ3v) is 4.68. The summed E-state index contributed by atoms with van der Waals surface area (Å²) in [4.78, 5) is 9.20. The lowest BCUT2D eigenvalue weighted by Crippen LogP contribution is -2.38. The van der Waals surface area contributed by atoms with Gasteiger partial charge in [-0.2, -0.15) is 0 Å². The molecule has 28 heavy (non-hydrogen) atoms. The van der Waals surface area contributed by atoms with Crippen LogP contribution in [-0.4, -0.2) is 44.4 Å². The van der Waals surface area contributed by atoms with Gasteiger partial charge >= 0.3 is 0 Å². The van der Waals surface area contributed by atoms with Gasteiger partial charge in [-0.05, 0) is 32.4 Å². The molecule has 2 N–H and O–H groups in total. The Morgan fingerprint density at radius 2 is 2.04 bits per heavy atom. The Morgan fingerprint density at radius 3 is 2.71 bits per heavy atom. The number of aliphatic imine (C=N–C) groups is 1. The predicted octanol–water partition coefficient (Wildman–Crippen LogP) is 3.70. The van der Waals surface area contributed by atoms with Crippen molar-refractivity contribution in [2.24, 2.45) is 4.99 Å². The van der Waals surface area contributed by atoms with Crippen molar-refractivity contribution in [2.75, 3.05) is 33.4 Å². The summed E-state index contributed by atoms with van der Waals surface area (Å²) in [5, 5.41) is 9.87. The molecule has 0 amide bonds. The minimum absolute atomic E-state index is 0.